The number of allylic oxidation sites excluding steroid dienone is 1. The summed E-state index contributed by atoms with van der Waals surface area (Å²) in [7, 11) is 3.96. The second kappa shape index (κ2) is 8.19. The predicted molar refractivity (Wildman–Crippen MR) is 107 cm³/mol. The predicted octanol–water partition coefficient (Wildman–Crippen LogP) is 4.49. The molecule has 136 valence electrons. The number of hydrogen-bond acceptors (Lipinski definition) is 4. The van der Waals surface area contributed by atoms with E-state index in [-0.39, 0.29) is 17.5 Å². The molecule has 0 saturated heterocycles. The van der Waals surface area contributed by atoms with E-state index in [9.17, 15) is 9.59 Å². The van der Waals surface area contributed by atoms with Crippen LogP contribution < -0.4 is 10.2 Å². The largest absolute Gasteiger partial charge is 0.459 e. The third-order valence-electron chi connectivity index (χ3n) is 4.01. The molecule has 5 nitrogen and oxygen atoms in total. The fourth-order valence-corrected chi connectivity index (χ4v) is 2.47. The molecule has 0 bridgehead atoms. The van der Waals surface area contributed by atoms with E-state index in [1.54, 1.807) is 48.6 Å². The molecule has 0 spiro atoms. The van der Waals surface area contributed by atoms with Gasteiger partial charge in [0.1, 0.15) is 0 Å². The van der Waals surface area contributed by atoms with E-state index in [1.807, 2.05) is 43.3 Å². The first-order valence-electron chi connectivity index (χ1n) is 8.47. The summed E-state index contributed by atoms with van der Waals surface area (Å²) in [5, 5.41) is 2.72. The molecule has 1 aromatic heterocycles. The molecular formula is C22H20N2O3. The summed E-state index contributed by atoms with van der Waals surface area (Å²) >= 11 is 0. The molecule has 0 atom stereocenters. The summed E-state index contributed by atoms with van der Waals surface area (Å²) < 4.78 is 5.05. The SMILES string of the molecule is CN(C)c1ccc(C=CC(=O)c2ccc(NC(=O)c3ccco3)cc2)cc1. The molecular weight excluding hydrogens is 340 g/mol. The van der Waals surface area contributed by atoms with Gasteiger partial charge in [0, 0.05) is 31.0 Å². The van der Waals surface area contributed by atoms with Crippen molar-refractivity contribution in [3.05, 3.63) is 89.9 Å². The van der Waals surface area contributed by atoms with Gasteiger partial charge in [-0.3, -0.25) is 9.59 Å². The van der Waals surface area contributed by atoms with Crippen LogP contribution in [0.4, 0.5) is 11.4 Å². The molecule has 0 aliphatic heterocycles. The van der Waals surface area contributed by atoms with Crippen LogP contribution in [-0.4, -0.2) is 25.8 Å². The van der Waals surface area contributed by atoms with E-state index in [1.165, 1.54) is 6.26 Å². The number of carbonyl (C=O) groups excluding carboxylic acids is 2. The van der Waals surface area contributed by atoms with Crippen molar-refractivity contribution in [3.63, 3.8) is 0 Å². The first-order chi connectivity index (χ1) is 13.0. The lowest BCUT2D eigenvalue weighted by Crippen LogP contribution is -2.10. The van der Waals surface area contributed by atoms with Crippen molar-refractivity contribution in [1.29, 1.82) is 0 Å². The highest BCUT2D eigenvalue weighted by atomic mass is 16.3. The number of furan rings is 1. The lowest BCUT2D eigenvalue weighted by Gasteiger charge is -2.11. The Morgan fingerprint density at radius 2 is 1.67 bits per heavy atom. The maximum absolute atomic E-state index is 12.3. The van der Waals surface area contributed by atoms with Crippen LogP contribution in [0.1, 0.15) is 26.5 Å². The Hall–Kier alpha value is -3.60. The van der Waals surface area contributed by atoms with Crippen LogP contribution in [0, 0.1) is 0 Å². The van der Waals surface area contributed by atoms with Gasteiger partial charge < -0.3 is 14.6 Å². The van der Waals surface area contributed by atoms with Gasteiger partial charge in [0.15, 0.2) is 11.5 Å². The van der Waals surface area contributed by atoms with Crippen molar-refractivity contribution in [3.8, 4) is 0 Å². The number of carbonyl (C=O) groups is 2. The van der Waals surface area contributed by atoms with Crippen molar-refractivity contribution in [2.75, 3.05) is 24.3 Å². The number of hydrogen-bond donors (Lipinski definition) is 1. The molecule has 0 aliphatic rings. The third-order valence-corrected chi connectivity index (χ3v) is 4.01. The fraction of sp³-hybridized carbons (Fsp3) is 0.0909. The molecule has 27 heavy (non-hydrogen) atoms. The molecule has 2 aromatic carbocycles. The molecule has 3 rings (SSSR count). The van der Waals surface area contributed by atoms with Crippen LogP contribution in [0.5, 0.6) is 0 Å². The lowest BCUT2D eigenvalue weighted by atomic mass is 10.1. The van der Waals surface area contributed by atoms with E-state index in [2.05, 4.69) is 5.32 Å². The zero-order chi connectivity index (χ0) is 19.2. The Labute approximate surface area is 157 Å². The highest BCUT2D eigenvalue weighted by molar-refractivity contribution is 6.07. The van der Waals surface area contributed by atoms with Gasteiger partial charge in [0.2, 0.25) is 0 Å². The quantitative estimate of drug-likeness (QED) is 0.519. The number of nitrogens with one attached hydrogen (secondary N) is 1. The summed E-state index contributed by atoms with van der Waals surface area (Å²) in [6.45, 7) is 0. The average molecular weight is 360 g/mol. The van der Waals surface area contributed by atoms with Crippen molar-refractivity contribution < 1.29 is 14.0 Å². The topological polar surface area (TPSA) is 62.6 Å². The van der Waals surface area contributed by atoms with E-state index < -0.39 is 0 Å². The van der Waals surface area contributed by atoms with E-state index in [0.29, 0.717) is 11.3 Å². The van der Waals surface area contributed by atoms with Gasteiger partial charge in [-0.2, -0.15) is 0 Å². The van der Waals surface area contributed by atoms with Gasteiger partial charge in [-0.15, -0.1) is 0 Å². The van der Waals surface area contributed by atoms with Crippen LogP contribution >= 0.6 is 0 Å². The Balaban J connectivity index is 1.62. The second-order valence-electron chi connectivity index (χ2n) is 6.19. The summed E-state index contributed by atoms with van der Waals surface area (Å²) in [6.07, 6.45) is 4.77. The lowest BCUT2D eigenvalue weighted by molar-refractivity contribution is 0.0996. The molecule has 1 heterocycles. The van der Waals surface area contributed by atoms with Gasteiger partial charge >= 0.3 is 0 Å². The average Bonchev–Trinajstić information content (AvgIpc) is 3.22. The summed E-state index contributed by atoms with van der Waals surface area (Å²) in [5.74, 6) is -0.200. The van der Waals surface area contributed by atoms with Crippen LogP contribution in [0.15, 0.2) is 77.4 Å². The molecule has 3 aromatic rings. The fourth-order valence-electron chi connectivity index (χ4n) is 2.47. The van der Waals surface area contributed by atoms with E-state index in [4.69, 9.17) is 4.42 Å². The van der Waals surface area contributed by atoms with Crippen LogP contribution in [-0.2, 0) is 0 Å². The smallest absolute Gasteiger partial charge is 0.291 e. The van der Waals surface area contributed by atoms with Gasteiger partial charge in [-0.25, -0.2) is 0 Å². The van der Waals surface area contributed by atoms with Gasteiger partial charge in [0.05, 0.1) is 6.26 Å². The highest BCUT2D eigenvalue weighted by Crippen LogP contribution is 2.15. The first kappa shape index (κ1) is 18.2. The minimum absolute atomic E-state index is 0.101. The summed E-state index contributed by atoms with van der Waals surface area (Å²) in [4.78, 5) is 26.3. The van der Waals surface area contributed by atoms with E-state index in [0.717, 1.165) is 11.3 Å². The van der Waals surface area contributed by atoms with E-state index >= 15 is 0 Å². The summed E-state index contributed by atoms with van der Waals surface area (Å²) in [6, 6.07) is 17.9. The molecule has 0 aliphatic carbocycles. The van der Waals surface area contributed by atoms with Crippen LogP contribution in [0.2, 0.25) is 0 Å². The normalized spacial score (nSPS) is 10.7. The Morgan fingerprint density at radius 1 is 0.963 bits per heavy atom. The van der Waals surface area contributed by atoms with Crippen molar-refractivity contribution in [1.82, 2.24) is 0 Å². The van der Waals surface area contributed by atoms with Gasteiger partial charge in [-0.05, 0) is 60.2 Å². The zero-order valence-electron chi connectivity index (χ0n) is 15.2. The number of anilines is 2. The minimum Gasteiger partial charge on any atom is -0.459 e. The molecule has 1 amide bonds. The number of amides is 1. The molecule has 1 N–H and O–H groups in total. The Bertz CT molecular complexity index is 938. The van der Waals surface area contributed by atoms with Crippen LogP contribution in [0.3, 0.4) is 0 Å². The monoisotopic (exact) mass is 360 g/mol. The maximum Gasteiger partial charge on any atom is 0.291 e. The third kappa shape index (κ3) is 4.73. The van der Waals surface area contributed by atoms with Crippen molar-refractivity contribution in [2.24, 2.45) is 0 Å². The van der Waals surface area contributed by atoms with Gasteiger partial charge in [0.25, 0.3) is 5.91 Å². The molecule has 0 saturated carbocycles. The number of benzene rings is 2. The Morgan fingerprint density at radius 3 is 2.26 bits per heavy atom. The molecule has 0 unspecified atom stereocenters. The summed E-state index contributed by atoms with van der Waals surface area (Å²) in [5.41, 5.74) is 3.20. The standard InChI is InChI=1S/C22H20N2O3/c1-24(2)19-12-5-16(6-13-19)7-14-20(25)17-8-10-18(11-9-17)23-22(26)21-4-3-15-27-21/h3-15H,1-2H3,(H,23,26). The molecule has 0 radical (unpaired) electrons. The molecule has 5 heteroatoms. The second-order valence-corrected chi connectivity index (χ2v) is 6.19. The minimum atomic E-state index is -0.333. The zero-order valence-corrected chi connectivity index (χ0v) is 15.2. The molecule has 0 fully saturated rings. The number of ketones is 1. The van der Waals surface area contributed by atoms with Crippen LogP contribution in [0.25, 0.3) is 6.08 Å². The first-order valence-corrected chi connectivity index (χ1v) is 8.47. The number of rotatable bonds is 6. The number of nitrogens with zero attached hydrogens (tertiary/aromatic N) is 1. The van der Waals surface area contributed by atoms with Crippen molar-refractivity contribution >= 4 is 29.1 Å². The highest BCUT2D eigenvalue weighted by Gasteiger charge is 2.09. The van der Waals surface area contributed by atoms with Gasteiger partial charge in [-0.1, -0.05) is 18.2 Å². The van der Waals surface area contributed by atoms with Crippen molar-refractivity contribution in [2.45, 2.75) is 0 Å². The maximum atomic E-state index is 12.3. The Kier molecular flexibility index (Phi) is 5.52.